The molecule has 6 amide bonds. The van der Waals surface area contributed by atoms with E-state index in [2.05, 4.69) is 42.3 Å². The second-order valence-corrected chi connectivity index (χ2v) is 25.6. The van der Waals surface area contributed by atoms with E-state index in [0.717, 1.165) is 16.6 Å². The first-order chi connectivity index (χ1) is 42.0. The molecule has 0 fully saturated rings. The highest BCUT2D eigenvalue weighted by Crippen LogP contribution is 2.28. The molecule has 0 spiro atoms. The van der Waals surface area contributed by atoms with Crippen LogP contribution in [0.2, 0.25) is 0 Å². The summed E-state index contributed by atoms with van der Waals surface area (Å²) < 4.78 is 0.419. The summed E-state index contributed by atoms with van der Waals surface area (Å²) in [6.07, 6.45) is 6.68. The van der Waals surface area contributed by atoms with Gasteiger partial charge in [-0.3, -0.25) is 57.2 Å². The van der Waals surface area contributed by atoms with Gasteiger partial charge in [-0.05, 0) is 79.5 Å². The maximum atomic E-state index is 14.5. The highest BCUT2D eigenvalue weighted by Gasteiger charge is 2.34. The first kappa shape index (κ1) is 73.3. The SMILES string of the molecule is CC[C@H](C)[C@@H](CCC(=O)N[C@@H](CC(C)C)C(N)=O)CC(=O)[C@H](Cc1cnc[nH]1)NC(=O)CCC(=O)[C@@H](NC(=O)[C@H](C)CC(=O)[C@H](Cc1c[nH]c2ccccc12)NC(=O)[C@H](CCC(N)=O)CC(=O)CCCCCC(=O)c1ccc([N+](C)(C)C)c(C#N)c1)C(C)C. The summed E-state index contributed by atoms with van der Waals surface area (Å²) in [6, 6.07) is 10.6. The minimum atomic E-state index is -1.19. The largest absolute Gasteiger partial charge is 0.370 e. The predicted molar refractivity (Wildman–Crippen MR) is 340 cm³/mol. The van der Waals surface area contributed by atoms with Crippen LogP contribution in [0.3, 0.4) is 0 Å². The molecule has 2 heterocycles. The third-order valence-electron chi connectivity index (χ3n) is 16.5. The van der Waals surface area contributed by atoms with Gasteiger partial charge in [0.2, 0.25) is 35.4 Å². The van der Waals surface area contributed by atoms with Gasteiger partial charge in [-0.25, -0.2) is 4.98 Å². The molecule has 10 N–H and O–H groups in total. The van der Waals surface area contributed by atoms with E-state index in [4.69, 9.17) is 11.5 Å². The van der Waals surface area contributed by atoms with E-state index in [0.29, 0.717) is 65.4 Å². The Morgan fingerprint density at radius 3 is 1.97 bits per heavy atom. The number of rotatable bonds is 42. The zero-order valence-electron chi connectivity index (χ0n) is 53.8. The molecule has 0 unspecified atom stereocenters. The van der Waals surface area contributed by atoms with Crippen molar-refractivity contribution < 1.29 is 52.7 Å². The highest BCUT2D eigenvalue weighted by atomic mass is 16.2. The fourth-order valence-electron chi connectivity index (χ4n) is 11.0. The number of imidazole rings is 1. The van der Waals surface area contributed by atoms with Crippen LogP contribution < -0.4 is 37.2 Å². The summed E-state index contributed by atoms with van der Waals surface area (Å²) in [5, 5.41) is 21.7. The normalized spacial score (nSPS) is 14.3. The average molecular weight is 1230 g/mol. The van der Waals surface area contributed by atoms with E-state index < -0.39 is 83.0 Å². The van der Waals surface area contributed by atoms with Gasteiger partial charge >= 0.3 is 0 Å². The smallest absolute Gasteiger partial charge is 0.240 e. The van der Waals surface area contributed by atoms with E-state index >= 15 is 0 Å². The molecule has 484 valence electrons. The van der Waals surface area contributed by atoms with Gasteiger partial charge in [0.05, 0.1) is 45.6 Å². The summed E-state index contributed by atoms with van der Waals surface area (Å²) in [7, 11) is 5.80. The molecule has 8 atom stereocenters. The molecular formula is C67H96N11O11+. The van der Waals surface area contributed by atoms with Crippen molar-refractivity contribution in [3.8, 4) is 6.07 Å². The van der Waals surface area contributed by atoms with Crippen molar-refractivity contribution in [2.24, 2.45) is 47.0 Å². The number of benzene rings is 2. The number of para-hydroxylation sites is 1. The van der Waals surface area contributed by atoms with Gasteiger partial charge in [-0.1, -0.05) is 79.5 Å². The lowest BCUT2D eigenvalue weighted by atomic mass is 9.82. The summed E-state index contributed by atoms with van der Waals surface area (Å²) in [4.78, 5) is 158. The van der Waals surface area contributed by atoms with Crippen LogP contribution in [0.5, 0.6) is 0 Å². The number of amides is 6. The van der Waals surface area contributed by atoms with E-state index in [1.807, 2.05) is 73.1 Å². The number of nitrogens with two attached hydrogens (primary N) is 2. The lowest BCUT2D eigenvalue weighted by Crippen LogP contribution is -2.49. The number of aromatic amines is 2. The number of unbranched alkanes of at least 4 members (excludes halogenated alkanes) is 2. The van der Waals surface area contributed by atoms with Gasteiger partial charge in [-0.2, -0.15) is 5.26 Å². The Morgan fingerprint density at radius 1 is 0.674 bits per heavy atom. The molecule has 22 heteroatoms. The van der Waals surface area contributed by atoms with Crippen molar-refractivity contribution in [2.75, 3.05) is 21.1 Å². The summed E-state index contributed by atoms with van der Waals surface area (Å²) >= 11 is 0. The molecule has 2 aromatic carbocycles. The molecule has 0 aliphatic carbocycles. The predicted octanol–water partition coefficient (Wildman–Crippen LogP) is 6.89. The Morgan fingerprint density at radius 2 is 1.34 bits per heavy atom. The topological polar surface area (TPSA) is 356 Å². The van der Waals surface area contributed by atoms with Crippen LogP contribution in [-0.4, -0.2) is 125 Å². The summed E-state index contributed by atoms with van der Waals surface area (Å²) in [6.45, 7) is 12.8. The van der Waals surface area contributed by atoms with Gasteiger partial charge in [0.15, 0.2) is 23.1 Å². The number of aromatic nitrogens is 3. The minimum Gasteiger partial charge on any atom is -0.370 e. The van der Waals surface area contributed by atoms with Crippen molar-refractivity contribution >= 4 is 80.9 Å². The Bertz CT molecular complexity index is 3140. The number of nitriles is 1. The van der Waals surface area contributed by atoms with E-state index in [1.54, 1.807) is 44.4 Å². The number of hydrogen-bond acceptors (Lipinski definition) is 13. The Balaban J connectivity index is 1.40. The Kier molecular flexibility index (Phi) is 29.4. The van der Waals surface area contributed by atoms with Gasteiger partial charge in [0.1, 0.15) is 29.1 Å². The second kappa shape index (κ2) is 35.7. The maximum Gasteiger partial charge on any atom is 0.240 e. The molecule has 2 aromatic heterocycles. The molecule has 22 nitrogen and oxygen atoms in total. The maximum absolute atomic E-state index is 14.5. The van der Waals surface area contributed by atoms with Crippen molar-refractivity contribution in [1.82, 2.24) is 40.7 Å². The number of nitrogens with zero attached hydrogens (tertiary/aromatic N) is 3. The van der Waals surface area contributed by atoms with Crippen molar-refractivity contribution in [2.45, 2.75) is 188 Å². The van der Waals surface area contributed by atoms with E-state index in [-0.39, 0.29) is 118 Å². The van der Waals surface area contributed by atoms with Gasteiger partial charge in [-0.15, -0.1) is 0 Å². The molecule has 0 saturated heterocycles. The molecule has 0 aliphatic heterocycles. The number of fused-ring (bicyclic) bond motifs is 1. The third kappa shape index (κ3) is 24.4. The molecule has 89 heavy (non-hydrogen) atoms. The number of carbonyl (C=O) groups is 11. The van der Waals surface area contributed by atoms with Crippen molar-refractivity contribution in [1.29, 1.82) is 5.26 Å². The van der Waals surface area contributed by atoms with Crippen LogP contribution >= 0.6 is 0 Å². The summed E-state index contributed by atoms with van der Waals surface area (Å²) in [5.74, 6) is -7.68. The number of ketones is 5. The van der Waals surface area contributed by atoms with E-state index in [1.165, 1.54) is 13.3 Å². The third-order valence-corrected chi connectivity index (χ3v) is 16.5. The Hall–Kier alpha value is -8.19. The number of carbonyl (C=O) groups excluding carboxylic acids is 11. The molecule has 0 aliphatic rings. The lowest BCUT2D eigenvalue weighted by Gasteiger charge is -2.26. The van der Waals surface area contributed by atoms with Crippen molar-refractivity contribution in [3.05, 3.63) is 83.6 Å². The monoisotopic (exact) mass is 1230 g/mol. The first-order valence-electron chi connectivity index (χ1n) is 31.3. The first-order valence-corrected chi connectivity index (χ1v) is 31.3. The standard InChI is InChI=1S/C67H95N11O11/c1-11-42(6)44(23-27-62(85)75-55(65(70)87)29-40(2)3)34-60(83)54(35-49-38-71-39-73-49)74-63(86)28-25-58(81)64(41(4)5)77-66(88)43(7)30-59(82)53(33-48-37-72-52-19-16-15-18-51(48)52)76-67(89)46(22-26-61(69)84)32-50(79)17-13-12-14-20-57(80)45-21-24-56(78(8,9)10)47(31-45)36-68/h15-16,18-19,21,24,31,37-44,46,53-55,64,72H,11-14,17,20,22-23,25-30,32-35H2,1-10H3,(H8-,69,70,71,73,74,75,76,77,84,85,86,87,88,89)/p+1/t42-,43+,44-,46+,53-,54-,55-,64-/m0/s1. The number of hydrogen-bond donors (Lipinski definition) is 8. The molecule has 4 aromatic rings. The zero-order chi connectivity index (χ0) is 66.1. The van der Waals surface area contributed by atoms with Crippen LogP contribution in [-0.2, 0) is 60.8 Å². The number of nitrogens with one attached hydrogen (secondary N) is 6. The molecular weight excluding hydrogens is 1130 g/mol. The fraction of sp³-hybridized carbons (Fsp3) is 0.567. The number of H-pyrrole nitrogens is 2. The zero-order valence-corrected chi connectivity index (χ0v) is 53.8. The number of primary amides is 2. The van der Waals surface area contributed by atoms with Crippen LogP contribution in [0.1, 0.15) is 178 Å². The molecule has 0 radical (unpaired) electrons. The quantitative estimate of drug-likeness (QED) is 0.0127. The Labute approximate surface area is 523 Å². The fourth-order valence-corrected chi connectivity index (χ4v) is 11.0. The van der Waals surface area contributed by atoms with Gasteiger partial charge in [0.25, 0.3) is 0 Å². The van der Waals surface area contributed by atoms with Crippen LogP contribution in [0, 0.1) is 46.8 Å². The average Bonchev–Trinajstić information content (AvgIpc) is 3.10. The summed E-state index contributed by atoms with van der Waals surface area (Å²) in [5.41, 5.74) is 14.8. The number of quaternary nitrogens is 1. The number of Topliss-reactive ketones (excluding diaryl/α,β-unsaturated/α-hetero) is 5. The van der Waals surface area contributed by atoms with Gasteiger partial charge in [0, 0.05) is 123 Å². The molecule has 0 saturated carbocycles. The van der Waals surface area contributed by atoms with Gasteiger partial charge < -0.3 is 42.7 Å². The van der Waals surface area contributed by atoms with E-state index in [9.17, 15) is 58.0 Å². The molecule has 0 bridgehead atoms. The minimum absolute atomic E-state index is 0.00923. The second-order valence-electron chi connectivity index (χ2n) is 25.6. The van der Waals surface area contributed by atoms with Crippen LogP contribution in [0.25, 0.3) is 10.9 Å². The van der Waals surface area contributed by atoms with Crippen LogP contribution in [0.15, 0.2) is 61.2 Å². The van der Waals surface area contributed by atoms with Crippen molar-refractivity contribution in [3.63, 3.8) is 0 Å². The molecule has 4 rings (SSSR count). The highest BCUT2D eigenvalue weighted by molar-refractivity contribution is 5.98. The van der Waals surface area contributed by atoms with Crippen LogP contribution in [0.4, 0.5) is 5.69 Å². The lowest BCUT2D eigenvalue weighted by molar-refractivity contribution is -0.135.